The molecule has 2 aliphatic heterocycles. The first-order valence-electron chi connectivity index (χ1n) is 15.1. The van der Waals surface area contributed by atoms with Crippen molar-refractivity contribution >= 4 is 64.6 Å². The summed E-state index contributed by atoms with van der Waals surface area (Å²) >= 11 is 0. The van der Waals surface area contributed by atoms with Gasteiger partial charge < -0.3 is 9.47 Å². The van der Waals surface area contributed by atoms with E-state index >= 15 is 0 Å². The molecule has 0 radical (unpaired) electrons. The molecule has 9 aromatic rings. The molecule has 2 aliphatic rings. The van der Waals surface area contributed by atoms with Gasteiger partial charge in [-0.25, -0.2) is 0 Å². The maximum Gasteiger partial charge on any atom is 0.143 e. The van der Waals surface area contributed by atoms with Gasteiger partial charge in [0, 0.05) is 43.8 Å². The zero-order valence-corrected chi connectivity index (χ0v) is 23.5. The van der Waals surface area contributed by atoms with Crippen molar-refractivity contribution in [2.45, 2.75) is 0 Å². The number of rotatable bonds is 0. The van der Waals surface area contributed by atoms with E-state index in [1.807, 2.05) is 0 Å². The van der Waals surface area contributed by atoms with E-state index in [0.29, 0.717) is 0 Å². The summed E-state index contributed by atoms with van der Waals surface area (Å²) in [5.74, 6) is 3.59. The van der Waals surface area contributed by atoms with Gasteiger partial charge in [0.25, 0.3) is 0 Å². The Morgan fingerprint density at radius 3 is 0.886 bits per heavy atom. The fraction of sp³-hybridized carbons (Fsp3) is 0. The second kappa shape index (κ2) is 7.94. The third-order valence-corrected chi connectivity index (χ3v) is 9.79. The van der Waals surface area contributed by atoms with Crippen molar-refractivity contribution in [3.8, 4) is 45.3 Å². The number of benzene rings is 9. The topological polar surface area (TPSA) is 18.5 Å². The SMILES string of the molecule is c1ccc2c3c4c(ccc5c4c(c2c1)-c1c(c2ccccc2c2ccccc12)O5)Oc1c-3c2ccccc2c2ccccc12. The highest BCUT2D eigenvalue weighted by Gasteiger charge is 2.34. The van der Waals surface area contributed by atoms with Crippen LogP contribution in [0, 0.1) is 0 Å². The molecule has 0 fully saturated rings. The average Bonchev–Trinajstić information content (AvgIpc) is 3.10. The fourth-order valence-corrected chi connectivity index (χ4v) is 8.08. The van der Waals surface area contributed by atoms with Crippen LogP contribution in [0.4, 0.5) is 0 Å². The Morgan fingerprint density at radius 2 is 0.523 bits per heavy atom. The summed E-state index contributed by atoms with van der Waals surface area (Å²) in [5.41, 5.74) is 4.75. The van der Waals surface area contributed by atoms with Gasteiger partial charge in [0.2, 0.25) is 0 Å². The molecule has 44 heavy (non-hydrogen) atoms. The van der Waals surface area contributed by atoms with Crippen molar-refractivity contribution in [1.82, 2.24) is 0 Å². The molecule has 2 heterocycles. The molecule has 0 bridgehead atoms. The summed E-state index contributed by atoms with van der Waals surface area (Å²) in [4.78, 5) is 0. The first-order valence-corrected chi connectivity index (χ1v) is 15.1. The maximum absolute atomic E-state index is 6.99. The molecule has 9 aromatic carbocycles. The fourth-order valence-electron chi connectivity index (χ4n) is 8.08. The Balaban J connectivity index is 1.41. The summed E-state index contributed by atoms with van der Waals surface area (Å²) in [6.45, 7) is 0. The monoisotopic (exact) mass is 558 g/mol. The number of hydrogen-bond donors (Lipinski definition) is 0. The molecule has 0 aliphatic carbocycles. The van der Waals surface area contributed by atoms with E-state index in [2.05, 4.69) is 133 Å². The molecule has 2 heteroatoms. The largest absolute Gasteiger partial charge is 0.455 e. The highest BCUT2D eigenvalue weighted by Crippen LogP contribution is 2.62. The van der Waals surface area contributed by atoms with Gasteiger partial charge in [0.15, 0.2) is 0 Å². The van der Waals surface area contributed by atoms with Gasteiger partial charge >= 0.3 is 0 Å². The number of hydrogen-bond acceptors (Lipinski definition) is 2. The quantitative estimate of drug-likeness (QED) is 0.136. The van der Waals surface area contributed by atoms with Crippen LogP contribution in [-0.2, 0) is 0 Å². The minimum Gasteiger partial charge on any atom is -0.455 e. The normalized spacial score (nSPS) is 12.9. The minimum absolute atomic E-state index is 0.871. The van der Waals surface area contributed by atoms with Crippen molar-refractivity contribution in [3.63, 3.8) is 0 Å². The van der Waals surface area contributed by atoms with E-state index in [4.69, 9.17) is 9.47 Å². The van der Waals surface area contributed by atoms with Gasteiger partial charge in [-0.1, -0.05) is 121 Å². The van der Waals surface area contributed by atoms with Crippen molar-refractivity contribution < 1.29 is 9.47 Å². The summed E-state index contributed by atoms with van der Waals surface area (Å²) in [5, 5.41) is 14.2. The van der Waals surface area contributed by atoms with E-state index in [0.717, 1.165) is 55.7 Å². The molecule has 0 saturated heterocycles. The van der Waals surface area contributed by atoms with Crippen molar-refractivity contribution in [3.05, 3.63) is 133 Å². The molecular weight excluding hydrogens is 536 g/mol. The van der Waals surface area contributed by atoms with Crippen molar-refractivity contribution in [2.24, 2.45) is 0 Å². The lowest BCUT2D eigenvalue weighted by Gasteiger charge is -2.31. The van der Waals surface area contributed by atoms with Crippen LogP contribution < -0.4 is 9.47 Å². The van der Waals surface area contributed by atoms with E-state index in [1.54, 1.807) is 0 Å². The molecule has 2 nitrogen and oxygen atoms in total. The van der Waals surface area contributed by atoms with Gasteiger partial charge in [-0.15, -0.1) is 0 Å². The standard InChI is InChI=1S/C42H22O2/c1-5-15-27-23(11-1)25-13-3-9-19-31(25)41-37(27)35-29-17-7-8-18-30(29)36-38-28-16-6-2-12-24(28)26-14-4-10-20-32(26)42(38)44-34-22-21-33(43-41)39(35)40(34)36/h1-22H. The molecule has 0 spiro atoms. The second-order valence-corrected chi connectivity index (χ2v) is 11.9. The Bertz CT molecular complexity index is 2580. The van der Waals surface area contributed by atoms with Gasteiger partial charge in [0.1, 0.15) is 23.0 Å². The van der Waals surface area contributed by atoms with Crippen molar-refractivity contribution in [2.75, 3.05) is 0 Å². The van der Waals surface area contributed by atoms with Crippen LogP contribution >= 0.6 is 0 Å². The summed E-state index contributed by atoms with van der Waals surface area (Å²) in [6, 6.07) is 47.8. The summed E-state index contributed by atoms with van der Waals surface area (Å²) < 4.78 is 14.0. The molecule has 11 rings (SSSR count). The number of fused-ring (bicyclic) bond motifs is 17. The molecule has 202 valence electrons. The zero-order chi connectivity index (χ0) is 28.5. The lowest BCUT2D eigenvalue weighted by atomic mass is 9.79. The average molecular weight is 559 g/mol. The number of ether oxygens (including phenoxy) is 2. The molecule has 0 aromatic heterocycles. The van der Waals surface area contributed by atoms with Crippen LogP contribution in [0.15, 0.2) is 133 Å². The van der Waals surface area contributed by atoms with Gasteiger partial charge in [0.05, 0.1) is 0 Å². The smallest absolute Gasteiger partial charge is 0.143 e. The van der Waals surface area contributed by atoms with Crippen molar-refractivity contribution in [1.29, 1.82) is 0 Å². The molecule has 0 saturated carbocycles. The molecule has 0 amide bonds. The van der Waals surface area contributed by atoms with E-state index in [9.17, 15) is 0 Å². The summed E-state index contributed by atoms with van der Waals surface area (Å²) in [7, 11) is 0. The maximum atomic E-state index is 6.99. The van der Waals surface area contributed by atoms with Crippen LogP contribution in [0.3, 0.4) is 0 Å². The third-order valence-electron chi connectivity index (χ3n) is 9.79. The Hall–Kier alpha value is -5.86. The molecule has 0 N–H and O–H groups in total. The molecule has 0 unspecified atom stereocenters. The highest BCUT2D eigenvalue weighted by molar-refractivity contribution is 6.33. The minimum atomic E-state index is 0.871. The van der Waals surface area contributed by atoms with Gasteiger partial charge in [-0.3, -0.25) is 0 Å². The Kier molecular flexibility index (Phi) is 4.10. The van der Waals surface area contributed by atoms with Crippen LogP contribution in [-0.4, -0.2) is 0 Å². The lowest BCUT2D eigenvalue weighted by Crippen LogP contribution is -2.05. The van der Waals surface area contributed by atoms with Crippen LogP contribution in [0.25, 0.3) is 86.9 Å². The summed E-state index contributed by atoms with van der Waals surface area (Å²) in [6.07, 6.45) is 0. The third kappa shape index (κ3) is 2.63. The molecule has 0 atom stereocenters. The van der Waals surface area contributed by atoms with E-state index < -0.39 is 0 Å². The lowest BCUT2D eigenvalue weighted by molar-refractivity contribution is 0.482. The van der Waals surface area contributed by atoms with Gasteiger partial charge in [-0.2, -0.15) is 0 Å². The molecular formula is C42H22O2. The second-order valence-electron chi connectivity index (χ2n) is 11.9. The van der Waals surface area contributed by atoms with Gasteiger partial charge in [-0.05, 0) is 55.2 Å². The van der Waals surface area contributed by atoms with Crippen LogP contribution in [0.2, 0.25) is 0 Å². The Morgan fingerprint density at radius 1 is 0.250 bits per heavy atom. The van der Waals surface area contributed by atoms with E-state index in [1.165, 1.54) is 54.2 Å². The Labute approximate surface area is 252 Å². The van der Waals surface area contributed by atoms with Crippen LogP contribution in [0.5, 0.6) is 23.0 Å². The highest BCUT2D eigenvalue weighted by atomic mass is 16.5. The first kappa shape index (κ1) is 22.7. The predicted molar refractivity (Wildman–Crippen MR) is 182 cm³/mol. The zero-order valence-electron chi connectivity index (χ0n) is 23.5. The predicted octanol–water partition coefficient (Wildman–Crippen LogP) is 12.2. The first-order chi connectivity index (χ1) is 21.9. The van der Waals surface area contributed by atoms with E-state index in [-0.39, 0.29) is 0 Å². The van der Waals surface area contributed by atoms with Crippen LogP contribution in [0.1, 0.15) is 0 Å².